The molecule has 0 spiro atoms. The number of amides is 1. The molecule has 1 fully saturated rings. The third-order valence-corrected chi connectivity index (χ3v) is 6.04. The van der Waals surface area contributed by atoms with Gasteiger partial charge in [-0.1, -0.05) is 25.6 Å². The average molecular weight is 434 g/mol. The van der Waals surface area contributed by atoms with E-state index in [1.807, 2.05) is 47.0 Å². The van der Waals surface area contributed by atoms with Crippen LogP contribution in [-0.4, -0.2) is 30.5 Å². The fraction of sp³-hybridized carbons (Fsp3) is 0.273. The maximum absolute atomic E-state index is 11.9. The Bertz CT molecular complexity index is 1220. The molecule has 3 aromatic heterocycles. The van der Waals surface area contributed by atoms with Gasteiger partial charge in [-0.25, -0.2) is 9.97 Å². The molecule has 0 unspecified atom stereocenters. The molecule has 1 saturated carbocycles. The van der Waals surface area contributed by atoms with Crippen LogP contribution in [0.4, 0.5) is 17.5 Å². The number of benzene rings is 1. The molecular formula is C22H23N7OS. The summed E-state index contributed by atoms with van der Waals surface area (Å²) in [6.45, 7) is 4.23. The lowest BCUT2D eigenvalue weighted by atomic mass is 10.1. The van der Waals surface area contributed by atoms with Gasteiger partial charge >= 0.3 is 0 Å². The van der Waals surface area contributed by atoms with Crippen LogP contribution in [0, 0.1) is 5.92 Å². The zero-order valence-electron chi connectivity index (χ0n) is 17.3. The second kappa shape index (κ2) is 8.07. The monoisotopic (exact) mass is 433 g/mol. The van der Waals surface area contributed by atoms with E-state index in [4.69, 9.17) is 4.98 Å². The van der Waals surface area contributed by atoms with Crippen LogP contribution in [-0.2, 0) is 4.79 Å². The molecule has 0 saturated heterocycles. The van der Waals surface area contributed by atoms with Crippen molar-refractivity contribution in [1.82, 2.24) is 24.6 Å². The molecule has 31 heavy (non-hydrogen) atoms. The van der Waals surface area contributed by atoms with E-state index in [1.165, 1.54) is 0 Å². The number of aromatic amines is 1. The van der Waals surface area contributed by atoms with Crippen molar-refractivity contribution in [1.29, 1.82) is 0 Å². The summed E-state index contributed by atoms with van der Waals surface area (Å²) in [6, 6.07) is 11.8. The van der Waals surface area contributed by atoms with Crippen LogP contribution in [0.25, 0.3) is 5.65 Å². The summed E-state index contributed by atoms with van der Waals surface area (Å²) in [4.78, 5) is 22.1. The van der Waals surface area contributed by atoms with E-state index in [1.54, 1.807) is 18.0 Å². The summed E-state index contributed by atoms with van der Waals surface area (Å²) in [7, 11) is 0. The van der Waals surface area contributed by atoms with Crippen LogP contribution in [0.1, 0.15) is 38.3 Å². The van der Waals surface area contributed by atoms with Crippen LogP contribution >= 0.6 is 11.8 Å². The summed E-state index contributed by atoms with van der Waals surface area (Å²) < 4.78 is 1.89. The Kier molecular flexibility index (Phi) is 5.11. The molecule has 8 nitrogen and oxygen atoms in total. The van der Waals surface area contributed by atoms with Gasteiger partial charge in [0.05, 0.1) is 0 Å². The number of imidazole rings is 1. The summed E-state index contributed by atoms with van der Waals surface area (Å²) in [5.41, 5.74) is 2.68. The van der Waals surface area contributed by atoms with Gasteiger partial charge in [0, 0.05) is 46.7 Å². The molecule has 9 heteroatoms. The number of nitrogens with one attached hydrogen (secondary N) is 3. The normalized spacial score (nSPS) is 13.6. The predicted octanol–water partition coefficient (Wildman–Crippen LogP) is 4.82. The topological polar surface area (TPSA) is 100 Å². The summed E-state index contributed by atoms with van der Waals surface area (Å²) in [6.07, 6.45) is 5.61. The Balaban J connectivity index is 1.35. The highest BCUT2D eigenvalue weighted by molar-refractivity contribution is 7.99. The van der Waals surface area contributed by atoms with Gasteiger partial charge in [-0.15, -0.1) is 0 Å². The maximum Gasteiger partial charge on any atom is 0.227 e. The van der Waals surface area contributed by atoms with E-state index in [2.05, 4.69) is 39.7 Å². The van der Waals surface area contributed by atoms with Crippen molar-refractivity contribution in [2.45, 2.75) is 42.5 Å². The lowest BCUT2D eigenvalue weighted by molar-refractivity contribution is -0.117. The number of hydrogen-bond acceptors (Lipinski definition) is 6. The van der Waals surface area contributed by atoms with Crippen molar-refractivity contribution in [3.05, 3.63) is 54.5 Å². The van der Waals surface area contributed by atoms with E-state index in [-0.39, 0.29) is 11.8 Å². The highest BCUT2D eigenvalue weighted by atomic mass is 32.2. The van der Waals surface area contributed by atoms with Crippen molar-refractivity contribution in [3.8, 4) is 0 Å². The molecular weight excluding hydrogens is 410 g/mol. The zero-order valence-corrected chi connectivity index (χ0v) is 18.1. The lowest BCUT2D eigenvalue weighted by Crippen LogP contribution is -2.12. The third-order valence-electron chi connectivity index (χ3n) is 5.12. The minimum atomic E-state index is 0.113. The van der Waals surface area contributed by atoms with Crippen molar-refractivity contribution in [2.24, 2.45) is 5.92 Å². The maximum atomic E-state index is 11.9. The first-order valence-corrected chi connectivity index (χ1v) is 11.1. The number of carbonyl (C=O) groups is 1. The van der Waals surface area contributed by atoms with Gasteiger partial charge in [-0.05, 0) is 43.0 Å². The molecule has 0 aliphatic heterocycles. The fourth-order valence-corrected chi connectivity index (χ4v) is 3.98. The Labute approximate surface area is 183 Å². The second-order valence-corrected chi connectivity index (χ2v) is 9.05. The number of aromatic nitrogens is 5. The number of H-pyrrole nitrogens is 1. The molecule has 1 aliphatic carbocycles. The SMILES string of the molecule is CC(C)c1cc(Nc2nc(Sc3ccc(NC(=O)C4CC4)cc3)cc3nccn23)n[nH]1. The van der Waals surface area contributed by atoms with Crippen molar-refractivity contribution < 1.29 is 4.79 Å². The summed E-state index contributed by atoms with van der Waals surface area (Å²) in [5.74, 6) is 2.03. The number of fused-ring (bicyclic) bond motifs is 1. The van der Waals surface area contributed by atoms with Crippen molar-refractivity contribution >= 4 is 40.8 Å². The van der Waals surface area contributed by atoms with E-state index < -0.39 is 0 Å². The Morgan fingerprint density at radius 3 is 2.74 bits per heavy atom. The van der Waals surface area contributed by atoms with Crippen LogP contribution in [0.2, 0.25) is 0 Å². The molecule has 1 aliphatic rings. The van der Waals surface area contributed by atoms with E-state index in [0.717, 1.165) is 39.8 Å². The first-order chi connectivity index (χ1) is 15.0. The van der Waals surface area contributed by atoms with Crippen molar-refractivity contribution in [2.75, 3.05) is 10.6 Å². The minimum Gasteiger partial charge on any atom is -0.326 e. The van der Waals surface area contributed by atoms with Gasteiger partial charge in [-0.2, -0.15) is 5.10 Å². The van der Waals surface area contributed by atoms with Gasteiger partial charge in [0.25, 0.3) is 0 Å². The van der Waals surface area contributed by atoms with Gasteiger partial charge in [0.15, 0.2) is 5.82 Å². The first kappa shape index (κ1) is 19.6. The Morgan fingerprint density at radius 1 is 1.23 bits per heavy atom. The van der Waals surface area contributed by atoms with Gasteiger partial charge in [0.1, 0.15) is 10.7 Å². The summed E-state index contributed by atoms with van der Waals surface area (Å²) >= 11 is 1.54. The van der Waals surface area contributed by atoms with E-state index in [9.17, 15) is 4.79 Å². The number of anilines is 3. The van der Waals surface area contributed by atoms with Gasteiger partial charge < -0.3 is 10.6 Å². The van der Waals surface area contributed by atoms with E-state index >= 15 is 0 Å². The second-order valence-electron chi connectivity index (χ2n) is 7.95. The highest BCUT2D eigenvalue weighted by Gasteiger charge is 2.29. The molecule has 3 N–H and O–H groups in total. The lowest BCUT2D eigenvalue weighted by Gasteiger charge is -2.09. The first-order valence-electron chi connectivity index (χ1n) is 10.3. The third kappa shape index (κ3) is 4.41. The van der Waals surface area contributed by atoms with Gasteiger partial charge in [0.2, 0.25) is 11.9 Å². The van der Waals surface area contributed by atoms with E-state index in [0.29, 0.717) is 17.7 Å². The molecule has 0 bridgehead atoms. The molecule has 5 rings (SSSR count). The standard InChI is InChI=1S/C22H23N7OS/c1-13(2)17-11-18(28-27-17)25-22-26-20(12-19-23-9-10-29(19)22)31-16-7-5-15(6-8-16)24-21(30)14-3-4-14/h5-14H,3-4H2,1-2H3,(H,24,30)(H2,25,26,27,28). The molecule has 4 aromatic rings. The van der Waals surface area contributed by atoms with Crippen LogP contribution < -0.4 is 10.6 Å². The fourth-order valence-electron chi connectivity index (χ4n) is 3.17. The quantitative estimate of drug-likeness (QED) is 0.361. The summed E-state index contributed by atoms with van der Waals surface area (Å²) in [5, 5.41) is 14.5. The molecule has 0 atom stereocenters. The number of rotatable bonds is 7. The average Bonchev–Trinajstić information content (AvgIpc) is 3.31. The number of nitrogens with zero attached hydrogens (tertiary/aromatic N) is 4. The molecule has 1 aromatic carbocycles. The number of hydrogen-bond donors (Lipinski definition) is 3. The molecule has 158 valence electrons. The molecule has 3 heterocycles. The Morgan fingerprint density at radius 2 is 2.03 bits per heavy atom. The zero-order chi connectivity index (χ0) is 21.4. The van der Waals surface area contributed by atoms with Crippen LogP contribution in [0.5, 0.6) is 0 Å². The molecule has 0 radical (unpaired) electrons. The van der Waals surface area contributed by atoms with Crippen molar-refractivity contribution in [3.63, 3.8) is 0 Å². The largest absolute Gasteiger partial charge is 0.326 e. The predicted molar refractivity (Wildman–Crippen MR) is 121 cm³/mol. The van der Waals surface area contributed by atoms with Gasteiger partial charge in [-0.3, -0.25) is 14.3 Å². The Hall–Kier alpha value is -3.33. The highest BCUT2D eigenvalue weighted by Crippen LogP contribution is 2.32. The van der Waals surface area contributed by atoms with Crippen LogP contribution in [0.3, 0.4) is 0 Å². The van der Waals surface area contributed by atoms with Crippen LogP contribution in [0.15, 0.2) is 58.7 Å². The smallest absolute Gasteiger partial charge is 0.227 e. The number of carbonyl (C=O) groups excluding carboxylic acids is 1. The minimum absolute atomic E-state index is 0.113. The molecule has 1 amide bonds.